The smallest absolute Gasteiger partial charge is 0.323 e. The zero-order valence-electron chi connectivity index (χ0n) is 10.6. The summed E-state index contributed by atoms with van der Waals surface area (Å²) in [5.74, 6) is -1.18. The fourth-order valence-electron chi connectivity index (χ4n) is 1.69. The van der Waals surface area contributed by atoms with E-state index in [0.717, 1.165) is 0 Å². The number of rotatable bonds is 5. The fraction of sp³-hybridized carbons (Fsp3) is 0.385. The molecule has 0 aliphatic rings. The Morgan fingerprint density at radius 3 is 2.44 bits per heavy atom. The Hall–Kier alpha value is -2.04. The molecule has 1 rings (SSSR count). The quantitative estimate of drug-likeness (QED) is 0.775. The van der Waals surface area contributed by atoms with Crippen LogP contribution < -0.4 is 5.73 Å². The average Bonchev–Trinajstić information content (AvgIpc) is 2.26. The summed E-state index contributed by atoms with van der Waals surface area (Å²) in [5.41, 5.74) is 6.44. The number of aliphatic carboxylic acids is 1. The first-order valence-corrected chi connectivity index (χ1v) is 5.77. The largest absolute Gasteiger partial charge is 0.480 e. The summed E-state index contributed by atoms with van der Waals surface area (Å²) < 4.78 is 0. The Labute approximate surface area is 106 Å². The third kappa shape index (κ3) is 3.76. The number of carboxylic acid groups (broad SMARTS) is 1. The van der Waals surface area contributed by atoms with Gasteiger partial charge in [0.25, 0.3) is 5.91 Å². The van der Waals surface area contributed by atoms with Crippen molar-refractivity contribution in [3.05, 3.63) is 29.8 Å². The number of amides is 1. The van der Waals surface area contributed by atoms with Gasteiger partial charge in [0.2, 0.25) is 0 Å². The predicted octanol–water partition coefficient (Wildman–Crippen LogP) is 1.45. The van der Waals surface area contributed by atoms with Gasteiger partial charge in [-0.25, -0.2) is 0 Å². The fourth-order valence-corrected chi connectivity index (χ4v) is 1.69. The molecule has 3 N–H and O–H groups in total. The molecule has 0 aliphatic carbocycles. The molecule has 5 nitrogen and oxygen atoms in total. The number of carbonyl (C=O) groups is 2. The lowest BCUT2D eigenvalue weighted by Gasteiger charge is -2.23. The van der Waals surface area contributed by atoms with Crippen molar-refractivity contribution in [2.75, 3.05) is 18.8 Å². The highest BCUT2D eigenvalue weighted by molar-refractivity contribution is 6.00. The van der Waals surface area contributed by atoms with Crippen molar-refractivity contribution in [1.29, 1.82) is 0 Å². The van der Waals surface area contributed by atoms with Gasteiger partial charge in [0.15, 0.2) is 0 Å². The molecule has 0 aromatic heterocycles. The minimum atomic E-state index is -1.03. The number of nitrogens with zero attached hydrogens (tertiary/aromatic N) is 1. The Morgan fingerprint density at radius 1 is 1.33 bits per heavy atom. The number of hydrogen-bond donors (Lipinski definition) is 2. The van der Waals surface area contributed by atoms with E-state index >= 15 is 0 Å². The molecule has 0 heterocycles. The van der Waals surface area contributed by atoms with Gasteiger partial charge >= 0.3 is 5.97 Å². The van der Waals surface area contributed by atoms with Crippen LogP contribution in [0.5, 0.6) is 0 Å². The van der Waals surface area contributed by atoms with Crippen LogP contribution >= 0.6 is 0 Å². The van der Waals surface area contributed by atoms with Gasteiger partial charge in [0.05, 0.1) is 5.56 Å². The molecular weight excluding hydrogens is 232 g/mol. The summed E-state index contributed by atoms with van der Waals surface area (Å²) in [5, 5.41) is 8.84. The topological polar surface area (TPSA) is 83.6 Å². The van der Waals surface area contributed by atoms with Crippen LogP contribution in [0.1, 0.15) is 24.2 Å². The Kier molecular flexibility index (Phi) is 4.71. The van der Waals surface area contributed by atoms with Gasteiger partial charge in [0.1, 0.15) is 6.54 Å². The summed E-state index contributed by atoms with van der Waals surface area (Å²) in [6.45, 7) is 3.93. The summed E-state index contributed by atoms with van der Waals surface area (Å²) >= 11 is 0. The van der Waals surface area contributed by atoms with E-state index in [1.54, 1.807) is 24.3 Å². The maximum atomic E-state index is 12.2. The van der Waals surface area contributed by atoms with Gasteiger partial charge in [-0.2, -0.15) is 0 Å². The second kappa shape index (κ2) is 6.05. The molecule has 0 unspecified atom stereocenters. The van der Waals surface area contributed by atoms with Gasteiger partial charge in [0, 0.05) is 12.2 Å². The Balaban J connectivity index is 2.95. The Morgan fingerprint density at radius 2 is 1.94 bits per heavy atom. The number of hydrogen-bond acceptors (Lipinski definition) is 3. The predicted molar refractivity (Wildman–Crippen MR) is 69.2 cm³/mol. The summed E-state index contributed by atoms with van der Waals surface area (Å²) in [7, 11) is 0. The van der Waals surface area contributed by atoms with Crippen molar-refractivity contribution in [3.8, 4) is 0 Å². The first-order chi connectivity index (χ1) is 8.41. The van der Waals surface area contributed by atoms with Crippen molar-refractivity contribution < 1.29 is 14.7 Å². The van der Waals surface area contributed by atoms with Crippen LogP contribution in [-0.4, -0.2) is 35.0 Å². The molecule has 0 saturated heterocycles. The van der Waals surface area contributed by atoms with Crippen LogP contribution in [0, 0.1) is 5.92 Å². The third-order valence-corrected chi connectivity index (χ3v) is 2.39. The minimum Gasteiger partial charge on any atom is -0.480 e. The van der Waals surface area contributed by atoms with Gasteiger partial charge < -0.3 is 15.7 Å². The van der Waals surface area contributed by atoms with Crippen molar-refractivity contribution in [3.63, 3.8) is 0 Å². The Bertz CT molecular complexity index is 444. The zero-order valence-corrected chi connectivity index (χ0v) is 10.6. The van der Waals surface area contributed by atoms with E-state index in [1.807, 2.05) is 13.8 Å². The van der Waals surface area contributed by atoms with Gasteiger partial charge in [-0.15, -0.1) is 0 Å². The van der Waals surface area contributed by atoms with E-state index in [1.165, 1.54) is 4.90 Å². The highest BCUT2D eigenvalue weighted by atomic mass is 16.4. The molecule has 0 fully saturated rings. The molecule has 0 spiro atoms. The molecule has 0 atom stereocenters. The molecule has 0 bridgehead atoms. The standard InChI is InChI=1S/C13H18N2O3/c1-9(2)7-15(8-12(16)17)13(18)10-5-3-4-6-11(10)14/h3-6,9H,7-8,14H2,1-2H3,(H,16,17). The molecule has 1 aromatic carbocycles. The second-order valence-corrected chi connectivity index (χ2v) is 4.56. The normalized spacial score (nSPS) is 10.4. The molecule has 0 saturated carbocycles. The minimum absolute atomic E-state index is 0.193. The first-order valence-electron chi connectivity index (χ1n) is 5.77. The molecule has 0 aliphatic heterocycles. The van der Waals surface area contributed by atoms with E-state index in [2.05, 4.69) is 0 Å². The van der Waals surface area contributed by atoms with Crippen molar-refractivity contribution in [2.45, 2.75) is 13.8 Å². The third-order valence-electron chi connectivity index (χ3n) is 2.39. The van der Waals surface area contributed by atoms with Crippen molar-refractivity contribution >= 4 is 17.6 Å². The summed E-state index contributed by atoms with van der Waals surface area (Å²) in [6.07, 6.45) is 0. The van der Waals surface area contributed by atoms with E-state index in [4.69, 9.17) is 10.8 Å². The van der Waals surface area contributed by atoms with Gasteiger partial charge in [-0.05, 0) is 18.1 Å². The van der Waals surface area contributed by atoms with Crippen LogP contribution in [0.15, 0.2) is 24.3 Å². The van der Waals surface area contributed by atoms with Crippen LogP contribution in [-0.2, 0) is 4.79 Å². The van der Waals surface area contributed by atoms with E-state index in [-0.39, 0.29) is 18.4 Å². The number of carbonyl (C=O) groups excluding carboxylic acids is 1. The van der Waals surface area contributed by atoms with Crippen LogP contribution in [0.25, 0.3) is 0 Å². The molecule has 5 heteroatoms. The highest BCUT2D eigenvalue weighted by Gasteiger charge is 2.20. The lowest BCUT2D eigenvalue weighted by molar-refractivity contribution is -0.137. The number of para-hydroxylation sites is 1. The van der Waals surface area contributed by atoms with E-state index in [9.17, 15) is 9.59 Å². The monoisotopic (exact) mass is 250 g/mol. The number of nitrogens with two attached hydrogens (primary N) is 1. The molecule has 98 valence electrons. The number of carboxylic acids is 1. The summed E-state index contributed by atoms with van der Waals surface area (Å²) in [4.78, 5) is 24.3. The van der Waals surface area contributed by atoms with Crippen molar-refractivity contribution in [2.24, 2.45) is 5.92 Å². The SMILES string of the molecule is CC(C)CN(CC(=O)O)C(=O)c1ccccc1N. The molecule has 18 heavy (non-hydrogen) atoms. The number of benzene rings is 1. The maximum Gasteiger partial charge on any atom is 0.323 e. The number of nitrogen functional groups attached to an aromatic ring is 1. The molecular formula is C13H18N2O3. The highest BCUT2D eigenvalue weighted by Crippen LogP contribution is 2.14. The lowest BCUT2D eigenvalue weighted by Crippen LogP contribution is -2.38. The van der Waals surface area contributed by atoms with E-state index in [0.29, 0.717) is 17.8 Å². The van der Waals surface area contributed by atoms with E-state index < -0.39 is 5.97 Å². The maximum absolute atomic E-state index is 12.2. The van der Waals surface area contributed by atoms with Gasteiger partial charge in [-0.3, -0.25) is 9.59 Å². The lowest BCUT2D eigenvalue weighted by atomic mass is 10.1. The number of anilines is 1. The van der Waals surface area contributed by atoms with Gasteiger partial charge in [-0.1, -0.05) is 26.0 Å². The van der Waals surface area contributed by atoms with Crippen LogP contribution in [0.4, 0.5) is 5.69 Å². The first kappa shape index (κ1) is 14.0. The van der Waals surface area contributed by atoms with Crippen LogP contribution in [0.2, 0.25) is 0 Å². The summed E-state index contributed by atoms with van der Waals surface area (Å²) in [6, 6.07) is 6.67. The molecule has 0 radical (unpaired) electrons. The van der Waals surface area contributed by atoms with Crippen molar-refractivity contribution in [1.82, 2.24) is 4.90 Å². The molecule has 1 aromatic rings. The second-order valence-electron chi connectivity index (χ2n) is 4.56. The zero-order chi connectivity index (χ0) is 13.7. The van der Waals surface area contributed by atoms with Crippen LogP contribution in [0.3, 0.4) is 0 Å². The molecule has 1 amide bonds. The average molecular weight is 250 g/mol.